The van der Waals surface area contributed by atoms with E-state index in [-0.39, 0.29) is 29.5 Å². The Kier molecular flexibility index (Phi) is 10.7. The Hall–Kier alpha value is -4.70. The van der Waals surface area contributed by atoms with Gasteiger partial charge in [-0.2, -0.15) is 0 Å². The van der Waals surface area contributed by atoms with Gasteiger partial charge in [-0.25, -0.2) is 12.8 Å². The Morgan fingerprint density at radius 1 is 0.864 bits per heavy atom. The number of hydrogen-bond acceptors (Lipinski definition) is 5. The van der Waals surface area contributed by atoms with Crippen LogP contribution in [0.15, 0.2) is 108 Å². The van der Waals surface area contributed by atoms with Crippen LogP contribution in [-0.4, -0.2) is 51.4 Å². The van der Waals surface area contributed by atoms with Crippen LogP contribution in [0.1, 0.15) is 23.6 Å². The minimum absolute atomic E-state index is 0.0672. The van der Waals surface area contributed by atoms with E-state index in [2.05, 4.69) is 5.32 Å². The quantitative estimate of drug-likeness (QED) is 0.225. The highest BCUT2D eigenvalue weighted by Crippen LogP contribution is 2.27. The molecule has 1 atom stereocenters. The Balaban J connectivity index is 1.78. The summed E-state index contributed by atoms with van der Waals surface area (Å²) >= 11 is 0. The first kappa shape index (κ1) is 32.2. The monoisotopic (exact) mass is 617 g/mol. The normalized spacial score (nSPS) is 11.8. The smallest absolute Gasteiger partial charge is 0.264 e. The summed E-state index contributed by atoms with van der Waals surface area (Å²) in [6.07, 6.45) is 0.214. The van der Waals surface area contributed by atoms with Crippen LogP contribution >= 0.6 is 0 Å². The molecule has 0 spiro atoms. The van der Waals surface area contributed by atoms with Gasteiger partial charge in [0.25, 0.3) is 10.0 Å². The predicted octanol–water partition coefficient (Wildman–Crippen LogP) is 5.11. The molecule has 0 bridgehead atoms. The summed E-state index contributed by atoms with van der Waals surface area (Å²) < 4.78 is 48.2. The largest absolute Gasteiger partial charge is 0.494 e. The summed E-state index contributed by atoms with van der Waals surface area (Å²) in [7, 11) is -2.84. The van der Waals surface area contributed by atoms with Gasteiger partial charge >= 0.3 is 0 Å². The molecular weight excluding hydrogens is 581 g/mol. The van der Waals surface area contributed by atoms with Gasteiger partial charge < -0.3 is 15.0 Å². The van der Waals surface area contributed by atoms with E-state index in [4.69, 9.17) is 4.74 Å². The fraction of sp³-hybridized carbons (Fsp3) is 0.235. The first-order valence-corrected chi connectivity index (χ1v) is 15.7. The van der Waals surface area contributed by atoms with Gasteiger partial charge in [-0.05, 0) is 73.5 Å². The number of anilines is 1. The second-order valence-corrected chi connectivity index (χ2v) is 12.1. The van der Waals surface area contributed by atoms with Crippen molar-refractivity contribution in [1.29, 1.82) is 0 Å². The number of likely N-dealkylation sites (N-methyl/N-ethyl adjacent to an activating group) is 1. The van der Waals surface area contributed by atoms with E-state index in [0.29, 0.717) is 12.4 Å². The molecule has 230 valence electrons. The molecule has 0 unspecified atom stereocenters. The van der Waals surface area contributed by atoms with Crippen molar-refractivity contribution in [2.45, 2.75) is 37.8 Å². The predicted molar refractivity (Wildman–Crippen MR) is 168 cm³/mol. The lowest BCUT2D eigenvalue weighted by atomic mass is 10.0. The lowest BCUT2D eigenvalue weighted by Gasteiger charge is -2.33. The lowest BCUT2D eigenvalue weighted by molar-refractivity contribution is -0.139. The summed E-state index contributed by atoms with van der Waals surface area (Å²) in [4.78, 5) is 28.9. The van der Waals surface area contributed by atoms with Crippen LogP contribution in [0.5, 0.6) is 5.75 Å². The molecule has 44 heavy (non-hydrogen) atoms. The molecule has 0 saturated carbocycles. The summed E-state index contributed by atoms with van der Waals surface area (Å²) in [5.41, 5.74) is 2.86. The van der Waals surface area contributed by atoms with E-state index >= 15 is 0 Å². The molecule has 0 aliphatic rings. The number of carbonyl (C=O) groups is 2. The highest BCUT2D eigenvalue weighted by Gasteiger charge is 2.34. The number of amides is 2. The molecule has 0 fully saturated rings. The van der Waals surface area contributed by atoms with Crippen LogP contribution in [0.4, 0.5) is 10.1 Å². The zero-order valence-electron chi connectivity index (χ0n) is 24.9. The number of nitrogens with zero attached hydrogens (tertiary/aromatic N) is 2. The lowest BCUT2D eigenvalue weighted by Crippen LogP contribution is -2.53. The highest BCUT2D eigenvalue weighted by atomic mass is 32.2. The topological polar surface area (TPSA) is 96.0 Å². The van der Waals surface area contributed by atoms with Gasteiger partial charge in [0.15, 0.2) is 0 Å². The zero-order chi connectivity index (χ0) is 31.7. The third-order valence-electron chi connectivity index (χ3n) is 7.11. The molecule has 1 N–H and O–H groups in total. The van der Waals surface area contributed by atoms with Crippen LogP contribution in [0.25, 0.3) is 0 Å². The summed E-state index contributed by atoms with van der Waals surface area (Å²) in [5.74, 6) is -1.03. The number of hydrogen-bond donors (Lipinski definition) is 1. The maximum absolute atomic E-state index is 14.3. The first-order valence-electron chi connectivity index (χ1n) is 14.2. The number of nitrogens with one attached hydrogen (secondary N) is 1. The minimum Gasteiger partial charge on any atom is -0.494 e. The van der Waals surface area contributed by atoms with Gasteiger partial charge in [-0.15, -0.1) is 0 Å². The summed E-state index contributed by atoms with van der Waals surface area (Å²) in [5, 5.41) is 2.67. The molecule has 0 radical (unpaired) electrons. The molecule has 0 aliphatic heterocycles. The fourth-order valence-corrected chi connectivity index (χ4v) is 6.16. The highest BCUT2D eigenvalue weighted by molar-refractivity contribution is 7.92. The molecule has 0 aromatic heterocycles. The van der Waals surface area contributed by atoms with Crippen LogP contribution < -0.4 is 14.4 Å². The maximum atomic E-state index is 14.3. The average molecular weight is 618 g/mol. The SMILES string of the molecule is CCOc1ccc(N(CC(=O)N(Cc2ccc(C)cc2)[C@@H](Cc2ccccc2)C(=O)NC)S(=O)(=O)c2ccc(F)cc2)cc1. The van der Waals surface area contributed by atoms with Crippen LogP contribution in [0.3, 0.4) is 0 Å². The zero-order valence-corrected chi connectivity index (χ0v) is 25.8. The van der Waals surface area contributed by atoms with Crippen molar-refractivity contribution in [2.24, 2.45) is 0 Å². The molecule has 4 aromatic carbocycles. The van der Waals surface area contributed by atoms with E-state index in [1.54, 1.807) is 24.3 Å². The van der Waals surface area contributed by atoms with Crippen molar-refractivity contribution in [3.8, 4) is 5.75 Å². The minimum atomic E-state index is -4.34. The van der Waals surface area contributed by atoms with Crippen molar-refractivity contribution in [3.05, 3.63) is 126 Å². The number of halogens is 1. The number of aryl methyl sites for hydroxylation is 1. The molecular formula is C34H36FN3O5S. The van der Waals surface area contributed by atoms with Gasteiger partial charge in [0.2, 0.25) is 11.8 Å². The number of ether oxygens (including phenoxy) is 1. The van der Waals surface area contributed by atoms with Gasteiger partial charge in [0, 0.05) is 20.0 Å². The number of carbonyl (C=O) groups excluding carboxylic acids is 2. The number of sulfonamides is 1. The Labute approximate surface area is 258 Å². The molecule has 2 amide bonds. The van der Waals surface area contributed by atoms with Crippen molar-refractivity contribution in [3.63, 3.8) is 0 Å². The second-order valence-electron chi connectivity index (χ2n) is 10.2. The summed E-state index contributed by atoms with van der Waals surface area (Å²) in [6, 6.07) is 26.7. The van der Waals surface area contributed by atoms with Gasteiger partial charge in [0.1, 0.15) is 24.2 Å². The van der Waals surface area contributed by atoms with Crippen molar-refractivity contribution in [2.75, 3.05) is 24.5 Å². The molecule has 0 heterocycles. The fourth-order valence-electron chi connectivity index (χ4n) is 4.75. The molecule has 4 rings (SSSR count). The van der Waals surface area contributed by atoms with E-state index in [1.165, 1.54) is 11.9 Å². The van der Waals surface area contributed by atoms with Crippen molar-refractivity contribution in [1.82, 2.24) is 10.2 Å². The Morgan fingerprint density at radius 3 is 2.09 bits per heavy atom. The van der Waals surface area contributed by atoms with Gasteiger partial charge in [-0.1, -0.05) is 60.2 Å². The second kappa shape index (κ2) is 14.7. The van der Waals surface area contributed by atoms with E-state index in [1.807, 2.05) is 68.4 Å². The Bertz CT molecular complexity index is 1650. The Morgan fingerprint density at radius 2 is 1.50 bits per heavy atom. The molecule has 0 saturated heterocycles. The standard InChI is InChI=1S/C34H36FN3O5S/c1-4-43-30-18-16-29(17-19-30)38(44(41,42)31-20-14-28(35)15-21-31)24-33(39)37(23-27-12-10-25(2)11-13-27)32(34(40)36-3)22-26-8-6-5-7-9-26/h5-21,32H,4,22-24H2,1-3H3,(H,36,40)/t32-/m0/s1. The van der Waals surface area contributed by atoms with Gasteiger partial charge in [-0.3, -0.25) is 13.9 Å². The van der Waals surface area contributed by atoms with Crippen LogP contribution in [0, 0.1) is 12.7 Å². The number of rotatable bonds is 13. The van der Waals surface area contributed by atoms with E-state index in [9.17, 15) is 22.4 Å². The van der Waals surface area contributed by atoms with Crippen LogP contribution in [-0.2, 0) is 32.6 Å². The van der Waals surface area contributed by atoms with Crippen molar-refractivity contribution >= 4 is 27.5 Å². The first-order chi connectivity index (χ1) is 21.1. The van der Waals surface area contributed by atoms with E-state index in [0.717, 1.165) is 45.3 Å². The maximum Gasteiger partial charge on any atom is 0.264 e. The number of benzene rings is 4. The molecule has 0 aliphatic carbocycles. The molecule has 10 heteroatoms. The third kappa shape index (κ3) is 8.02. The molecule has 4 aromatic rings. The average Bonchev–Trinajstić information content (AvgIpc) is 3.03. The summed E-state index contributed by atoms with van der Waals surface area (Å²) in [6.45, 7) is 3.66. The van der Waals surface area contributed by atoms with Crippen LogP contribution in [0.2, 0.25) is 0 Å². The van der Waals surface area contributed by atoms with Gasteiger partial charge in [0.05, 0.1) is 17.2 Å². The van der Waals surface area contributed by atoms with Crippen molar-refractivity contribution < 1.29 is 27.1 Å². The third-order valence-corrected chi connectivity index (χ3v) is 8.90. The molecule has 8 nitrogen and oxygen atoms in total. The van der Waals surface area contributed by atoms with E-state index < -0.39 is 34.3 Å².